The predicted molar refractivity (Wildman–Crippen MR) is 120 cm³/mol. The number of nitrogens with one attached hydrogen (secondary N) is 1. The van der Waals surface area contributed by atoms with Crippen LogP contribution in [0.15, 0.2) is 34.6 Å². The van der Waals surface area contributed by atoms with Crippen molar-refractivity contribution in [1.82, 2.24) is 10.2 Å². The zero-order chi connectivity index (χ0) is 25.4. The van der Waals surface area contributed by atoms with Crippen molar-refractivity contribution in [1.29, 1.82) is 0 Å². The molecule has 0 unspecified atom stereocenters. The summed E-state index contributed by atoms with van der Waals surface area (Å²) in [4.78, 5) is 26.7. The SMILES string of the molecule is CCC(C)=C(C=CC(=C(C)OCC1CC1)C(F)(F)F)C(=O)NC(CC)(CC)C(=O)N(C)CF. The first-order valence-electron chi connectivity index (χ1n) is 11.3. The summed E-state index contributed by atoms with van der Waals surface area (Å²) in [5, 5.41) is 2.67. The highest BCUT2D eigenvalue weighted by Gasteiger charge is 2.39. The Morgan fingerprint density at radius 1 is 1.09 bits per heavy atom. The third kappa shape index (κ3) is 7.89. The van der Waals surface area contributed by atoms with Crippen LogP contribution in [0.1, 0.15) is 66.7 Å². The molecule has 1 N–H and O–H groups in total. The molecule has 5 nitrogen and oxygen atoms in total. The van der Waals surface area contributed by atoms with Crippen molar-refractivity contribution in [2.45, 2.75) is 78.4 Å². The van der Waals surface area contributed by atoms with Gasteiger partial charge < -0.3 is 15.0 Å². The van der Waals surface area contributed by atoms with Crippen LogP contribution in [0.5, 0.6) is 0 Å². The van der Waals surface area contributed by atoms with Crippen molar-refractivity contribution >= 4 is 11.8 Å². The number of likely N-dealkylation sites (N-methyl/N-ethyl adjacent to an activating group) is 1. The van der Waals surface area contributed by atoms with Crippen LogP contribution >= 0.6 is 0 Å². The molecule has 1 saturated carbocycles. The van der Waals surface area contributed by atoms with Crippen LogP contribution in [0, 0.1) is 5.92 Å². The fourth-order valence-electron chi connectivity index (χ4n) is 3.27. The topological polar surface area (TPSA) is 58.6 Å². The fourth-order valence-corrected chi connectivity index (χ4v) is 3.27. The highest BCUT2D eigenvalue weighted by molar-refractivity contribution is 6.01. The maximum Gasteiger partial charge on any atom is 0.419 e. The first-order chi connectivity index (χ1) is 15.4. The van der Waals surface area contributed by atoms with Crippen molar-refractivity contribution in [3.63, 3.8) is 0 Å². The van der Waals surface area contributed by atoms with Gasteiger partial charge in [0.05, 0.1) is 12.2 Å². The van der Waals surface area contributed by atoms with Gasteiger partial charge >= 0.3 is 6.18 Å². The summed E-state index contributed by atoms with van der Waals surface area (Å²) in [5.74, 6) is -1.25. The second-order valence-electron chi connectivity index (χ2n) is 8.47. The minimum atomic E-state index is -4.66. The molecule has 0 aromatic carbocycles. The van der Waals surface area contributed by atoms with Gasteiger partial charge in [-0.3, -0.25) is 9.59 Å². The highest BCUT2D eigenvalue weighted by atomic mass is 19.4. The molecule has 0 aromatic rings. The molecule has 0 aliphatic heterocycles. The van der Waals surface area contributed by atoms with E-state index in [1.54, 1.807) is 27.7 Å². The standard InChI is InChI=1S/C24H36F4N2O3/c1-7-16(4)19(21(31)29-23(8-2,9-3)22(32)30(6)15-25)12-13-20(24(26,27)28)17(5)33-14-18-10-11-18/h12-13,18H,7-11,14-15H2,1-6H3,(H,29,31). The second-order valence-corrected chi connectivity index (χ2v) is 8.47. The maximum atomic E-state index is 13.7. The summed E-state index contributed by atoms with van der Waals surface area (Å²) < 4.78 is 59.4. The van der Waals surface area contributed by atoms with Crippen LogP contribution in [0.2, 0.25) is 0 Å². The van der Waals surface area contributed by atoms with Gasteiger partial charge in [0.15, 0.2) is 6.80 Å². The third-order valence-corrected chi connectivity index (χ3v) is 6.06. The second kappa shape index (κ2) is 12.2. The quantitative estimate of drug-likeness (QED) is 0.131. The average molecular weight is 477 g/mol. The van der Waals surface area contributed by atoms with Crippen LogP contribution in [-0.2, 0) is 14.3 Å². The number of carbonyl (C=O) groups excluding carboxylic acids is 2. The van der Waals surface area contributed by atoms with Crippen molar-refractivity contribution in [2.75, 3.05) is 20.5 Å². The van der Waals surface area contributed by atoms with E-state index < -0.39 is 35.9 Å². The number of nitrogens with zero attached hydrogens (tertiary/aromatic N) is 1. The predicted octanol–water partition coefficient (Wildman–Crippen LogP) is 5.59. The lowest BCUT2D eigenvalue weighted by Gasteiger charge is -2.34. The van der Waals surface area contributed by atoms with Crippen LogP contribution in [0.4, 0.5) is 17.6 Å². The van der Waals surface area contributed by atoms with Crippen LogP contribution < -0.4 is 5.32 Å². The van der Waals surface area contributed by atoms with Gasteiger partial charge in [-0.05, 0) is 64.0 Å². The number of ether oxygens (including phenoxy) is 1. The Kier molecular flexibility index (Phi) is 10.6. The van der Waals surface area contributed by atoms with Gasteiger partial charge in [0, 0.05) is 12.6 Å². The summed E-state index contributed by atoms with van der Waals surface area (Å²) in [6, 6.07) is 0. The summed E-state index contributed by atoms with van der Waals surface area (Å²) in [6.45, 7) is 7.26. The maximum absolute atomic E-state index is 13.7. The summed E-state index contributed by atoms with van der Waals surface area (Å²) >= 11 is 0. The van der Waals surface area contributed by atoms with Crippen LogP contribution in [0.3, 0.4) is 0 Å². The molecular formula is C24H36F4N2O3. The highest BCUT2D eigenvalue weighted by Crippen LogP contribution is 2.33. The zero-order valence-corrected chi connectivity index (χ0v) is 20.4. The molecule has 1 fully saturated rings. The van der Waals surface area contributed by atoms with Gasteiger partial charge in [0.25, 0.3) is 5.91 Å². The van der Waals surface area contributed by atoms with E-state index in [-0.39, 0.29) is 36.7 Å². The van der Waals surface area contributed by atoms with Crippen LogP contribution in [-0.4, -0.2) is 48.9 Å². The minimum Gasteiger partial charge on any atom is -0.497 e. The summed E-state index contributed by atoms with van der Waals surface area (Å²) in [6.07, 6.45) is -0.0159. The molecule has 0 aromatic heterocycles. The Hall–Kier alpha value is -2.32. The molecule has 9 heteroatoms. The van der Waals surface area contributed by atoms with E-state index in [1.807, 2.05) is 0 Å². The first-order valence-corrected chi connectivity index (χ1v) is 11.3. The average Bonchev–Trinajstić information content (AvgIpc) is 3.60. The van der Waals surface area contributed by atoms with Crippen molar-refractivity contribution in [2.24, 2.45) is 5.92 Å². The van der Waals surface area contributed by atoms with E-state index in [0.29, 0.717) is 12.0 Å². The van der Waals surface area contributed by atoms with Gasteiger partial charge in [-0.2, -0.15) is 13.2 Å². The summed E-state index contributed by atoms with van der Waals surface area (Å²) in [7, 11) is 1.29. The molecule has 1 aliphatic rings. The number of carbonyl (C=O) groups is 2. The molecule has 1 aliphatic carbocycles. The number of alkyl halides is 4. The number of allylic oxidation sites excluding steroid dienone is 4. The van der Waals surface area contributed by atoms with E-state index in [4.69, 9.17) is 4.74 Å². The molecule has 1 rings (SSSR count). The first kappa shape index (κ1) is 28.7. The van der Waals surface area contributed by atoms with E-state index in [9.17, 15) is 27.2 Å². The monoisotopic (exact) mass is 476 g/mol. The number of amides is 2. The lowest BCUT2D eigenvalue weighted by Crippen LogP contribution is -2.58. The van der Waals surface area contributed by atoms with Gasteiger partial charge in [-0.1, -0.05) is 26.3 Å². The number of hydrogen-bond donors (Lipinski definition) is 1. The third-order valence-electron chi connectivity index (χ3n) is 6.06. The molecule has 0 atom stereocenters. The molecule has 2 amide bonds. The van der Waals surface area contributed by atoms with Gasteiger partial charge in [-0.15, -0.1) is 0 Å². The Balaban J connectivity index is 3.30. The number of halogens is 4. The van der Waals surface area contributed by atoms with Crippen molar-refractivity contribution in [3.8, 4) is 0 Å². The number of hydrogen-bond acceptors (Lipinski definition) is 3. The largest absolute Gasteiger partial charge is 0.497 e. The summed E-state index contributed by atoms with van der Waals surface area (Å²) in [5.41, 5.74) is -1.76. The van der Waals surface area contributed by atoms with Crippen molar-refractivity contribution in [3.05, 3.63) is 34.6 Å². The van der Waals surface area contributed by atoms with Crippen molar-refractivity contribution < 1.29 is 31.9 Å². The van der Waals surface area contributed by atoms with E-state index in [2.05, 4.69) is 5.32 Å². The minimum absolute atomic E-state index is 0.0243. The molecule has 0 spiro atoms. The molecule has 33 heavy (non-hydrogen) atoms. The van der Waals surface area contributed by atoms with E-state index in [1.165, 1.54) is 14.0 Å². The Bertz CT molecular complexity index is 792. The lowest BCUT2D eigenvalue weighted by molar-refractivity contribution is -0.141. The number of rotatable bonds is 12. The van der Waals surface area contributed by atoms with E-state index in [0.717, 1.165) is 29.9 Å². The smallest absolute Gasteiger partial charge is 0.419 e. The molecular weight excluding hydrogens is 440 g/mol. The Morgan fingerprint density at radius 3 is 2.09 bits per heavy atom. The molecule has 0 bridgehead atoms. The molecule has 0 heterocycles. The van der Waals surface area contributed by atoms with Crippen LogP contribution in [0.25, 0.3) is 0 Å². The molecule has 188 valence electrons. The van der Waals surface area contributed by atoms with Gasteiger partial charge in [0.1, 0.15) is 11.3 Å². The normalized spacial score (nSPS) is 16.3. The van der Waals surface area contributed by atoms with Gasteiger partial charge in [-0.25, -0.2) is 4.39 Å². The lowest BCUT2D eigenvalue weighted by atomic mass is 9.90. The van der Waals surface area contributed by atoms with E-state index >= 15 is 0 Å². The molecule has 0 saturated heterocycles. The van der Waals surface area contributed by atoms with Gasteiger partial charge in [0.2, 0.25) is 5.91 Å². The zero-order valence-electron chi connectivity index (χ0n) is 20.4. The molecule has 0 radical (unpaired) electrons. The fraction of sp³-hybridized carbons (Fsp3) is 0.667. The Labute approximate surface area is 193 Å². The Morgan fingerprint density at radius 2 is 1.67 bits per heavy atom.